The van der Waals surface area contributed by atoms with E-state index in [0.29, 0.717) is 23.7 Å². The molecule has 0 amide bonds. The van der Waals surface area contributed by atoms with E-state index in [2.05, 4.69) is 5.10 Å². The van der Waals surface area contributed by atoms with Gasteiger partial charge in [-0.25, -0.2) is 0 Å². The van der Waals surface area contributed by atoms with Crippen LogP contribution in [0.15, 0.2) is 0 Å². The highest BCUT2D eigenvalue weighted by Gasteiger charge is 2.15. The Balaban J connectivity index is 2.75. The lowest BCUT2D eigenvalue weighted by Gasteiger charge is -2.04. The minimum Gasteiger partial charge on any atom is -0.299 e. The van der Waals surface area contributed by atoms with Crippen LogP contribution in [0, 0.1) is 6.92 Å². The molecule has 1 rings (SSSR count). The summed E-state index contributed by atoms with van der Waals surface area (Å²) in [5, 5.41) is 4.88. The second kappa shape index (κ2) is 6.26. The number of ketones is 1. The topological polar surface area (TPSA) is 34.9 Å². The van der Waals surface area contributed by atoms with E-state index >= 15 is 0 Å². The number of rotatable bonds is 6. The van der Waals surface area contributed by atoms with Crippen molar-refractivity contribution < 1.29 is 4.79 Å². The van der Waals surface area contributed by atoms with Crippen LogP contribution in [0.1, 0.15) is 31.2 Å². The molecule has 0 N–H and O–H groups in total. The Morgan fingerprint density at radius 2 is 2.19 bits per heavy atom. The smallest absolute Gasteiger partial charge is 0.138 e. The Morgan fingerprint density at radius 1 is 1.50 bits per heavy atom. The lowest BCUT2D eigenvalue weighted by Crippen LogP contribution is -2.09. The van der Waals surface area contributed by atoms with E-state index in [1.54, 1.807) is 4.68 Å². The van der Waals surface area contributed by atoms with E-state index in [9.17, 15) is 4.79 Å². The van der Waals surface area contributed by atoms with Crippen LogP contribution in [0.3, 0.4) is 0 Å². The van der Waals surface area contributed by atoms with Crippen LogP contribution >= 0.6 is 23.2 Å². The van der Waals surface area contributed by atoms with Gasteiger partial charge in [-0.1, -0.05) is 11.6 Å². The molecule has 1 aromatic heterocycles. The molecule has 0 saturated carbocycles. The van der Waals surface area contributed by atoms with Gasteiger partial charge >= 0.3 is 0 Å². The Bertz CT molecular complexity index is 374. The number of carbonyl (C=O) groups is 1. The summed E-state index contributed by atoms with van der Waals surface area (Å²) in [6, 6.07) is 0. The molecule has 0 bridgehead atoms. The monoisotopic (exact) mass is 262 g/mol. The normalized spacial score (nSPS) is 10.8. The van der Waals surface area contributed by atoms with Crippen molar-refractivity contribution in [2.75, 3.05) is 5.88 Å². The van der Waals surface area contributed by atoms with Crippen molar-refractivity contribution >= 4 is 29.0 Å². The first-order valence-corrected chi connectivity index (χ1v) is 6.30. The lowest BCUT2D eigenvalue weighted by atomic mass is 10.1. The molecule has 1 aromatic rings. The minimum absolute atomic E-state index is 0.164. The number of aromatic nitrogens is 2. The van der Waals surface area contributed by atoms with E-state index in [4.69, 9.17) is 23.2 Å². The molecule has 3 nitrogen and oxygen atoms in total. The second-order valence-electron chi connectivity index (χ2n) is 3.67. The van der Waals surface area contributed by atoms with Crippen molar-refractivity contribution in [2.24, 2.45) is 0 Å². The predicted octanol–water partition coefficient (Wildman–Crippen LogP) is 3.00. The number of alkyl halides is 1. The number of carbonyl (C=O) groups excluding carboxylic acids is 1. The highest BCUT2D eigenvalue weighted by Crippen LogP contribution is 2.21. The van der Waals surface area contributed by atoms with Gasteiger partial charge in [-0.2, -0.15) is 5.10 Å². The molecule has 0 radical (unpaired) electrons. The maximum absolute atomic E-state index is 11.6. The number of Topliss-reactive ketones (excluding diaryl/α,β-unsaturated/α-hetero) is 1. The van der Waals surface area contributed by atoms with E-state index in [1.165, 1.54) is 0 Å². The average molecular weight is 263 g/mol. The standard InChI is InChI=1S/C11H16Cl2N2O/c1-3-15-10(11(13)8(2)14-15)7-9(16)5-4-6-12/h3-7H2,1-2H3. The van der Waals surface area contributed by atoms with Gasteiger partial charge in [0.1, 0.15) is 5.78 Å². The fourth-order valence-electron chi connectivity index (χ4n) is 1.58. The molecule has 5 heteroatoms. The van der Waals surface area contributed by atoms with Crippen LogP contribution in [0.4, 0.5) is 0 Å². The third-order valence-corrected chi connectivity index (χ3v) is 3.17. The summed E-state index contributed by atoms with van der Waals surface area (Å²) in [6.07, 6.45) is 1.58. The molecule has 0 fully saturated rings. The number of nitrogens with zero attached hydrogens (tertiary/aromatic N) is 2. The Hall–Kier alpha value is -0.540. The SMILES string of the molecule is CCn1nc(C)c(Cl)c1CC(=O)CCCCl. The van der Waals surface area contributed by atoms with Gasteiger partial charge in [-0.3, -0.25) is 9.48 Å². The van der Waals surface area contributed by atoms with Gasteiger partial charge in [0.25, 0.3) is 0 Å². The Kier molecular flexibility index (Phi) is 5.29. The van der Waals surface area contributed by atoms with Gasteiger partial charge < -0.3 is 0 Å². The minimum atomic E-state index is 0.164. The third-order valence-electron chi connectivity index (χ3n) is 2.41. The first-order chi connectivity index (χ1) is 7.60. The quantitative estimate of drug-likeness (QED) is 0.739. The van der Waals surface area contributed by atoms with Crippen molar-refractivity contribution in [3.63, 3.8) is 0 Å². The number of hydrogen-bond acceptors (Lipinski definition) is 2. The van der Waals surface area contributed by atoms with E-state index in [0.717, 1.165) is 24.4 Å². The van der Waals surface area contributed by atoms with Crippen LogP contribution in [-0.2, 0) is 17.8 Å². The van der Waals surface area contributed by atoms with Gasteiger partial charge in [0.2, 0.25) is 0 Å². The molecule has 0 atom stereocenters. The zero-order valence-corrected chi connectivity index (χ0v) is 11.1. The zero-order valence-electron chi connectivity index (χ0n) is 9.59. The molecule has 0 aromatic carbocycles. The fraction of sp³-hybridized carbons (Fsp3) is 0.636. The molecule has 0 saturated heterocycles. The Labute approximate surface area is 106 Å². The van der Waals surface area contributed by atoms with Crippen molar-refractivity contribution in [2.45, 2.75) is 39.7 Å². The highest BCUT2D eigenvalue weighted by molar-refractivity contribution is 6.32. The number of hydrogen-bond donors (Lipinski definition) is 0. The number of aryl methyl sites for hydroxylation is 2. The van der Waals surface area contributed by atoms with Crippen LogP contribution in [0.25, 0.3) is 0 Å². The lowest BCUT2D eigenvalue weighted by molar-refractivity contribution is -0.118. The summed E-state index contributed by atoms with van der Waals surface area (Å²) in [4.78, 5) is 11.6. The largest absolute Gasteiger partial charge is 0.299 e. The van der Waals surface area contributed by atoms with E-state index in [-0.39, 0.29) is 5.78 Å². The summed E-state index contributed by atoms with van der Waals surface area (Å²) in [5.41, 5.74) is 1.60. The van der Waals surface area contributed by atoms with Crippen molar-refractivity contribution in [1.82, 2.24) is 9.78 Å². The van der Waals surface area contributed by atoms with Crippen LogP contribution in [0.2, 0.25) is 5.02 Å². The maximum Gasteiger partial charge on any atom is 0.138 e. The second-order valence-corrected chi connectivity index (χ2v) is 4.43. The first-order valence-electron chi connectivity index (χ1n) is 5.39. The van der Waals surface area contributed by atoms with E-state index in [1.807, 2.05) is 13.8 Å². The maximum atomic E-state index is 11.6. The molecule has 0 aliphatic carbocycles. The van der Waals surface area contributed by atoms with Gasteiger partial charge in [0.05, 0.1) is 16.4 Å². The Morgan fingerprint density at radius 3 is 2.75 bits per heavy atom. The van der Waals surface area contributed by atoms with Gasteiger partial charge in [-0.15, -0.1) is 11.6 Å². The van der Waals surface area contributed by atoms with Crippen LogP contribution < -0.4 is 0 Å². The fourth-order valence-corrected chi connectivity index (χ4v) is 1.91. The van der Waals surface area contributed by atoms with Gasteiger partial charge in [0, 0.05) is 25.3 Å². The summed E-state index contributed by atoms with van der Waals surface area (Å²) in [6.45, 7) is 4.56. The molecule has 0 unspecified atom stereocenters. The van der Waals surface area contributed by atoms with Gasteiger partial charge in [0.15, 0.2) is 0 Å². The van der Waals surface area contributed by atoms with Crippen molar-refractivity contribution in [1.29, 1.82) is 0 Å². The predicted molar refractivity (Wildman–Crippen MR) is 66.3 cm³/mol. The first kappa shape index (κ1) is 13.5. The van der Waals surface area contributed by atoms with Crippen LogP contribution in [0.5, 0.6) is 0 Å². The molecular weight excluding hydrogens is 247 g/mol. The van der Waals surface area contributed by atoms with E-state index < -0.39 is 0 Å². The number of halogens is 2. The molecule has 16 heavy (non-hydrogen) atoms. The zero-order chi connectivity index (χ0) is 12.1. The molecule has 0 spiro atoms. The molecule has 90 valence electrons. The molecule has 0 aliphatic heterocycles. The summed E-state index contributed by atoms with van der Waals surface area (Å²) >= 11 is 11.7. The van der Waals surface area contributed by atoms with Crippen molar-refractivity contribution in [3.8, 4) is 0 Å². The third kappa shape index (κ3) is 3.22. The molecule has 0 aliphatic rings. The van der Waals surface area contributed by atoms with Gasteiger partial charge in [-0.05, 0) is 20.3 Å². The highest BCUT2D eigenvalue weighted by atomic mass is 35.5. The molecular formula is C11H16Cl2N2O. The summed E-state index contributed by atoms with van der Waals surface area (Å²) < 4.78 is 1.79. The average Bonchev–Trinajstić information content (AvgIpc) is 2.54. The summed E-state index contributed by atoms with van der Waals surface area (Å²) in [5.74, 6) is 0.683. The van der Waals surface area contributed by atoms with Crippen molar-refractivity contribution in [3.05, 3.63) is 16.4 Å². The molecule has 1 heterocycles. The summed E-state index contributed by atoms with van der Waals surface area (Å²) in [7, 11) is 0. The van der Waals surface area contributed by atoms with Crippen LogP contribution in [-0.4, -0.2) is 21.4 Å².